The zero-order valence-corrected chi connectivity index (χ0v) is 8.88. The Bertz CT molecular complexity index is 495. The summed E-state index contributed by atoms with van der Waals surface area (Å²) in [7, 11) is 0. The van der Waals surface area contributed by atoms with Gasteiger partial charge in [0.25, 0.3) is 0 Å². The Morgan fingerprint density at radius 2 is 1.75 bits per heavy atom. The van der Waals surface area contributed by atoms with Crippen molar-refractivity contribution < 1.29 is 4.74 Å². The monoisotopic (exact) mass is 213 g/mol. The maximum absolute atomic E-state index is 10.4. The first-order chi connectivity index (χ1) is 7.79. The molecular formula is C13H11NO2. The molecule has 0 aliphatic heterocycles. The molecule has 0 fully saturated rings. The molecule has 0 saturated carbocycles. The summed E-state index contributed by atoms with van der Waals surface area (Å²) in [6.07, 6.45) is 0. The van der Waals surface area contributed by atoms with Gasteiger partial charge in [0.05, 0.1) is 0 Å². The minimum Gasteiger partial charge on any atom is -0.457 e. The molecule has 0 aliphatic carbocycles. The predicted octanol–water partition coefficient (Wildman–Crippen LogP) is 4.19. The fourth-order valence-electron chi connectivity index (χ4n) is 1.42. The van der Waals surface area contributed by atoms with Crippen LogP contribution in [0.5, 0.6) is 11.5 Å². The van der Waals surface area contributed by atoms with Crippen molar-refractivity contribution in [3.63, 3.8) is 0 Å². The molecule has 0 amide bonds. The summed E-state index contributed by atoms with van der Waals surface area (Å²) in [4.78, 5) is 10.4. The summed E-state index contributed by atoms with van der Waals surface area (Å²) in [6, 6.07) is 14.7. The molecule has 0 saturated heterocycles. The molecule has 0 heterocycles. The van der Waals surface area contributed by atoms with Crippen LogP contribution in [-0.2, 0) is 0 Å². The lowest BCUT2D eigenvalue weighted by atomic mass is 10.2. The summed E-state index contributed by atoms with van der Waals surface area (Å²) in [5, 5.41) is 2.91. The van der Waals surface area contributed by atoms with Gasteiger partial charge in [-0.05, 0) is 48.0 Å². The summed E-state index contributed by atoms with van der Waals surface area (Å²) in [5.41, 5.74) is 1.25. The van der Waals surface area contributed by atoms with E-state index < -0.39 is 0 Å². The molecule has 3 nitrogen and oxygen atoms in total. The van der Waals surface area contributed by atoms with Gasteiger partial charge in [-0.15, -0.1) is 4.91 Å². The molecule has 80 valence electrons. The van der Waals surface area contributed by atoms with E-state index in [0.29, 0.717) is 11.4 Å². The number of para-hydroxylation sites is 1. The maximum atomic E-state index is 10.4. The molecule has 3 heteroatoms. The van der Waals surface area contributed by atoms with Crippen LogP contribution in [-0.4, -0.2) is 0 Å². The minimum atomic E-state index is 0.445. The second-order valence-electron chi connectivity index (χ2n) is 3.45. The average molecular weight is 213 g/mol. The van der Waals surface area contributed by atoms with Crippen LogP contribution >= 0.6 is 0 Å². The van der Waals surface area contributed by atoms with Crippen LogP contribution in [0.3, 0.4) is 0 Å². The Labute approximate surface area is 93.7 Å². The van der Waals surface area contributed by atoms with E-state index in [2.05, 4.69) is 5.18 Å². The topological polar surface area (TPSA) is 38.7 Å². The third kappa shape index (κ3) is 2.25. The highest BCUT2D eigenvalue weighted by molar-refractivity contribution is 5.49. The highest BCUT2D eigenvalue weighted by atomic mass is 16.5. The molecule has 2 aromatic carbocycles. The van der Waals surface area contributed by atoms with Crippen LogP contribution in [0.2, 0.25) is 0 Å². The van der Waals surface area contributed by atoms with Gasteiger partial charge in [-0.1, -0.05) is 18.2 Å². The van der Waals surface area contributed by atoms with E-state index >= 15 is 0 Å². The smallest absolute Gasteiger partial charge is 0.127 e. The minimum absolute atomic E-state index is 0.445. The SMILES string of the molecule is Cc1cc(Oc2ccccc2)ccc1N=O. The van der Waals surface area contributed by atoms with Crippen LogP contribution in [0.1, 0.15) is 5.56 Å². The van der Waals surface area contributed by atoms with Crippen molar-refractivity contribution in [3.8, 4) is 11.5 Å². The van der Waals surface area contributed by atoms with Crippen molar-refractivity contribution in [2.45, 2.75) is 6.92 Å². The lowest BCUT2D eigenvalue weighted by Crippen LogP contribution is -1.84. The van der Waals surface area contributed by atoms with E-state index in [1.807, 2.05) is 37.3 Å². The number of hydrogen-bond acceptors (Lipinski definition) is 3. The Hall–Kier alpha value is -2.16. The molecule has 0 unspecified atom stereocenters. The van der Waals surface area contributed by atoms with Gasteiger partial charge in [-0.3, -0.25) is 0 Å². The number of benzene rings is 2. The summed E-state index contributed by atoms with van der Waals surface area (Å²) in [6.45, 7) is 1.83. The van der Waals surface area contributed by atoms with Gasteiger partial charge in [0, 0.05) is 0 Å². The van der Waals surface area contributed by atoms with Crippen molar-refractivity contribution in [1.29, 1.82) is 0 Å². The number of aryl methyl sites for hydroxylation is 1. The molecule has 0 atom stereocenters. The third-order valence-electron chi connectivity index (χ3n) is 2.25. The Morgan fingerprint density at radius 3 is 2.38 bits per heavy atom. The van der Waals surface area contributed by atoms with Crippen LogP contribution in [0.4, 0.5) is 5.69 Å². The van der Waals surface area contributed by atoms with E-state index in [9.17, 15) is 4.91 Å². The zero-order chi connectivity index (χ0) is 11.4. The first-order valence-corrected chi connectivity index (χ1v) is 4.96. The fourth-order valence-corrected chi connectivity index (χ4v) is 1.42. The number of nitrogens with zero attached hydrogens (tertiary/aromatic N) is 1. The van der Waals surface area contributed by atoms with Gasteiger partial charge < -0.3 is 4.74 Å². The molecule has 2 rings (SSSR count). The molecule has 0 spiro atoms. The van der Waals surface area contributed by atoms with E-state index in [1.165, 1.54) is 0 Å². The van der Waals surface area contributed by atoms with Crippen LogP contribution < -0.4 is 4.74 Å². The lowest BCUT2D eigenvalue weighted by molar-refractivity contribution is 0.482. The average Bonchev–Trinajstić information content (AvgIpc) is 2.31. The molecule has 2 aromatic rings. The molecule has 0 aromatic heterocycles. The molecule has 0 radical (unpaired) electrons. The van der Waals surface area contributed by atoms with Crippen molar-refractivity contribution in [1.82, 2.24) is 0 Å². The van der Waals surface area contributed by atoms with Gasteiger partial charge in [0.15, 0.2) is 0 Å². The van der Waals surface area contributed by atoms with Gasteiger partial charge in [0.1, 0.15) is 17.2 Å². The second kappa shape index (κ2) is 4.57. The fraction of sp³-hybridized carbons (Fsp3) is 0.0769. The van der Waals surface area contributed by atoms with E-state index in [0.717, 1.165) is 11.3 Å². The summed E-state index contributed by atoms with van der Waals surface area (Å²) >= 11 is 0. The van der Waals surface area contributed by atoms with Crippen molar-refractivity contribution in [2.24, 2.45) is 5.18 Å². The van der Waals surface area contributed by atoms with E-state index in [4.69, 9.17) is 4.74 Å². The van der Waals surface area contributed by atoms with Crippen LogP contribution in [0.25, 0.3) is 0 Å². The number of hydrogen-bond donors (Lipinski definition) is 0. The van der Waals surface area contributed by atoms with Crippen LogP contribution in [0.15, 0.2) is 53.7 Å². The number of rotatable bonds is 3. The van der Waals surface area contributed by atoms with Crippen molar-refractivity contribution >= 4 is 5.69 Å². The molecule has 16 heavy (non-hydrogen) atoms. The molecule has 0 N–H and O–H groups in total. The Balaban J connectivity index is 2.23. The molecule has 0 aliphatic rings. The van der Waals surface area contributed by atoms with Crippen molar-refractivity contribution in [2.75, 3.05) is 0 Å². The summed E-state index contributed by atoms with van der Waals surface area (Å²) in [5.74, 6) is 1.48. The first kappa shape index (κ1) is 10.4. The first-order valence-electron chi connectivity index (χ1n) is 4.96. The van der Waals surface area contributed by atoms with Crippen LogP contribution in [0, 0.1) is 11.8 Å². The maximum Gasteiger partial charge on any atom is 0.127 e. The Morgan fingerprint density at radius 1 is 1.00 bits per heavy atom. The van der Waals surface area contributed by atoms with Gasteiger partial charge in [-0.2, -0.15) is 0 Å². The highest BCUT2D eigenvalue weighted by Gasteiger charge is 2.01. The molecule has 0 bridgehead atoms. The number of nitroso groups, excluding NO2 is 1. The lowest BCUT2D eigenvalue weighted by Gasteiger charge is -2.06. The molecular weight excluding hydrogens is 202 g/mol. The standard InChI is InChI=1S/C13H11NO2/c1-10-9-12(7-8-13(10)14-15)16-11-5-3-2-4-6-11/h2-9H,1H3. The van der Waals surface area contributed by atoms with Gasteiger partial charge in [0.2, 0.25) is 0 Å². The third-order valence-corrected chi connectivity index (χ3v) is 2.25. The summed E-state index contributed by atoms with van der Waals surface area (Å²) < 4.78 is 5.61. The zero-order valence-electron chi connectivity index (χ0n) is 8.88. The van der Waals surface area contributed by atoms with Gasteiger partial charge >= 0.3 is 0 Å². The quantitative estimate of drug-likeness (QED) is 0.717. The van der Waals surface area contributed by atoms with Crippen molar-refractivity contribution in [3.05, 3.63) is 59.0 Å². The second-order valence-corrected chi connectivity index (χ2v) is 3.45. The number of ether oxygens (including phenoxy) is 1. The van der Waals surface area contributed by atoms with E-state index in [1.54, 1.807) is 18.2 Å². The highest BCUT2D eigenvalue weighted by Crippen LogP contribution is 2.26. The van der Waals surface area contributed by atoms with E-state index in [-0.39, 0.29) is 0 Å². The predicted molar refractivity (Wildman–Crippen MR) is 63.2 cm³/mol. The Kier molecular flexibility index (Phi) is 2.96. The largest absolute Gasteiger partial charge is 0.457 e. The normalized spacial score (nSPS) is 9.81. The van der Waals surface area contributed by atoms with Gasteiger partial charge in [-0.25, -0.2) is 0 Å².